The number of amides is 2. The normalized spacial score (nSPS) is 10.6. The van der Waals surface area contributed by atoms with Crippen molar-refractivity contribution in [2.75, 3.05) is 0 Å². The highest BCUT2D eigenvalue weighted by molar-refractivity contribution is 6.35. The summed E-state index contributed by atoms with van der Waals surface area (Å²) in [5.74, 6) is -0.733. The maximum atomic E-state index is 12.3. The third-order valence-electron chi connectivity index (χ3n) is 4.27. The van der Waals surface area contributed by atoms with Crippen molar-refractivity contribution in [2.45, 2.75) is 20.3 Å². The van der Waals surface area contributed by atoms with Crippen LogP contribution in [0.3, 0.4) is 0 Å². The first-order valence-corrected chi connectivity index (χ1v) is 9.27. The molecule has 0 saturated carbocycles. The molecule has 0 atom stereocenters. The molecule has 0 aliphatic rings. The van der Waals surface area contributed by atoms with E-state index in [0.29, 0.717) is 27.0 Å². The molecule has 2 amide bonds. The van der Waals surface area contributed by atoms with Gasteiger partial charge in [0.2, 0.25) is 5.91 Å². The lowest BCUT2D eigenvalue weighted by Crippen LogP contribution is -2.42. The van der Waals surface area contributed by atoms with Gasteiger partial charge in [-0.05, 0) is 44.2 Å². The lowest BCUT2D eigenvalue weighted by molar-refractivity contribution is -0.121. The highest BCUT2D eigenvalue weighted by atomic mass is 35.5. The summed E-state index contributed by atoms with van der Waals surface area (Å²) in [4.78, 5) is 24.3. The van der Waals surface area contributed by atoms with Crippen molar-refractivity contribution in [3.05, 3.63) is 81.1 Å². The predicted molar refractivity (Wildman–Crippen MR) is 109 cm³/mol. The number of aromatic nitrogens is 2. The van der Waals surface area contributed by atoms with Crippen LogP contribution in [-0.4, -0.2) is 21.6 Å². The SMILES string of the molecule is Cc1nn(-c2ccc(Cl)cc2Cl)c(C)c1CC(=O)NNC(=O)c1ccccc1. The first-order valence-electron chi connectivity index (χ1n) is 8.51. The van der Waals surface area contributed by atoms with E-state index < -0.39 is 0 Å². The van der Waals surface area contributed by atoms with Gasteiger partial charge in [-0.2, -0.15) is 5.10 Å². The number of carbonyl (C=O) groups is 2. The van der Waals surface area contributed by atoms with Gasteiger partial charge >= 0.3 is 0 Å². The van der Waals surface area contributed by atoms with E-state index in [-0.39, 0.29) is 18.2 Å². The van der Waals surface area contributed by atoms with Gasteiger partial charge in [-0.15, -0.1) is 0 Å². The summed E-state index contributed by atoms with van der Waals surface area (Å²) >= 11 is 12.2. The second-order valence-electron chi connectivity index (χ2n) is 6.20. The third kappa shape index (κ3) is 4.35. The quantitative estimate of drug-likeness (QED) is 0.634. The number of hydrogen-bond acceptors (Lipinski definition) is 3. The van der Waals surface area contributed by atoms with Crippen LogP contribution in [0.5, 0.6) is 0 Å². The van der Waals surface area contributed by atoms with Crippen molar-refractivity contribution in [2.24, 2.45) is 0 Å². The van der Waals surface area contributed by atoms with E-state index in [1.165, 1.54) is 0 Å². The first kappa shape index (κ1) is 19.9. The van der Waals surface area contributed by atoms with E-state index in [0.717, 1.165) is 11.3 Å². The number of hydrogen-bond donors (Lipinski definition) is 2. The smallest absolute Gasteiger partial charge is 0.269 e. The number of benzene rings is 2. The number of hydrazine groups is 1. The van der Waals surface area contributed by atoms with Crippen molar-refractivity contribution >= 4 is 35.0 Å². The Morgan fingerprint density at radius 2 is 1.75 bits per heavy atom. The van der Waals surface area contributed by atoms with Crippen LogP contribution in [0.15, 0.2) is 48.5 Å². The fraction of sp³-hybridized carbons (Fsp3) is 0.150. The lowest BCUT2D eigenvalue weighted by Gasteiger charge is -2.09. The molecule has 0 unspecified atom stereocenters. The average molecular weight is 417 g/mol. The van der Waals surface area contributed by atoms with Crippen LogP contribution in [0.25, 0.3) is 5.69 Å². The van der Waals surface area contributed by atoms with E-state index in [1.807, 2.05) is 19.9 Å². The van der Waals surface area contributed by atoms with E-state index in [2.05, 4.69) is 16.0 Å². The third-order valence-corrected chi connectivity index (χ3v) is 4.81. The summed E-state index contributed by atoms with van der Waals surface area (Å²) in [5.41, 5.74) is 8.23. The van der Waals surface area contributed by atoms with Gasteiger partial charge in [0.15, 0.2) is 0 Å². The molecule has 0 bridgehead atoms. The maximum absolute atomic E-state index is 12.3. The van der Waals surface area contributed by atoms with E-state index >= 15 is 0 Å². The molecular formula is C20H18Cl2N4O2. The van der Waals surface area contributed by atoms with Gasteiger partial charge in [0.1, 0.15) is 0 Å². The fourth-order valence-electron chi connectivity index (χ4n) is 2.81. The minimum absolute atomic E-state index is 0.0674. The van der Waals surface area contributed by atoms with Crippen molar-refractivity contribution in [3.63, 3.8) is 0 Å². The largest absolute Gasteiger partial charge is 0.273 e. The van der Waals surface area contributed by atoms with Crippen LogP contribution < -0.4 is 10.9 Å². The molecule has 3 aromatic rings. The highest BCUT2D eigenvalue weighted by Crippen LogP contribution is 2.27. The molecule has 0 radical (unpaired) electrons. The molecule has 1 heterocycles. The molecule has 0 saturated heterocycles. The second-order valence-corrected chi connectivity index (χ2v) is 7.05. The maximum Gasteiger partial charge on any atom is 0.269 e. The van der Waals surface area contributed by atoms with Crippen LogP contribution >= 0.6 is 23.2 Å². The minimum atomic E-state index is -0.383. The predicted octanol–water partition coefficient (Wildman–Crippen LogP) is 3.80. The van der Waals surface area contributed by atoms with Gasteiger partial charge in [0.05, 0.1) is 22.8 Å². The molecule has 1 aromatic heterocycles. The number of halogens is 2. The molecule has 0 aliphatic heterocycles. The van der Waals surface area contributed by atoms with Gasteiger partial charge < -0.3 is 0 Å². The monoisotopic (exact) mass is 416 g/mol. The summed E-state index contributed by atoms with van der Waals surface area (Å²) in [6.07, 6.45) is 0.0674. The van der Waals surface area contributed by atoms with Crippen molar-refractivity contribution in [1.29, 1.82) is 0 Å². The molecule has 28 heavy (non-hydrogen) atoms. The molecule has 144 valence electrons. The summed E-state index contributed by atoms with van der Waals surface area (Å²) < 4.78 is 1.68. The molecule has 3 rings (SSSR count). The van der Waals surface area contributed by atoms with Crippen LogP contribution in [0, 0.1) is 13.8 Å². The summed E-state index contributed by atoms with van der Waals surface area (Å²) in [7, 11) is 0. The van der Waals surface area contributed by atoms with Gasteiger partial charge in [-0.1, -0.05) is 41.4 Å². The summed E-state index contributed by atoms with van der Waals surface area (Å²) in [6, 6.07) is 13.8. The number of carbonyl (C=O) groups excluding carboxylic acids is 2. The Kier molecular flexibility index (Phi) is 6.02. The Labute approximate surface area is 172 Å². The van der Waals surface area contributed by atoms with Crippen LogP contribution in [-0.2, 0) is 11.2 Å². The Hall–Kier alpha value is -2.83. The zero-order chi connectivity index (χ0) is 20.3. The lowest BCUT2D eigenvalue weighted by atomic mass is 10.1. The molecule has 0 fully saturated rings. The Morgan fingerprint density at radius 1 is 1.04 bits per heavy atom. The van der Waals surface area contributed by atoms with Crippen LogP contribution in [0.1, 0.15) is 27.3 Å². The molecule has 8 heteroatoms. The van der Waals surface area contributed by atoms with Crippen molar-refractivity contribution in [3.8, 4) is 5.69 Å². The molecule has 2 aromatic carbocycles. The van der Waals surface area contributed by atoms with Crippen LogP contribution in [0.2, 0.25) is 10.0 Å². The van der Waals surface area contributed by atoms with E-state index in [4.69, 9.17) is 23.2 Å². The van der Waals surface area contributed by atoms with Gasteiger partial charge in [-0.3, -0.25) is 20.4 Å². The fourth-order valence-corrected chi connectivity index (χ4v) is 3.30. The van der Waals surface area contributed by atoms with Crippen molar-refractivity contribution < 1.29 is 9.59 Å². The summed E-state index contributed by atoms with van der Waals surface area (Å²) in [5, 5.41) is 5.48. The molecule has 2 N–H and O–H groups in total. The Bertz CT molecular complexity index is 1030. The Morgan fingerprint density at radius 3 is 2.43 bits per heavy atom. The standard InChI is InChI=1S/C20H18Cl2N4O2/c1-12-16(11-19(27)23-24-20(28)14-6-4-3-5-7-14)13(2)26(25-12)18-9-8-15(21)10-17(18)22/h3-10H,11H2,1-2H3,(H,23,27)(H,24,28). The number of nitrogens with zero attached hydrogens (tertiary/aromatic N) is 2. The summed E-state index contributed by atoms with van der Waals surface area (Å²) in [6.45, 7) is 3.68. The topological polar surface area (TPSA) is 76.0 Å². The number of nitrogens with one attached hydrogen (secondary N) is 2. The zero-order valence-corrected chi connectivity index (χ0v) is 16.8. The van der Waals surface area contributed by atoms with Gasteiger partial charge in [-0.25, -0.2) is 4.68 Å². The second kappa shape index (κ2) is 8.46. The highest BCUT2D eigenvalue weighted by Gasteiger charge is 2.18. The van der Waals surface area contributed by atoms with E-state index in [9.17, 15) is 9.59 Å². The minimum Gasteiger partial charge on any atom is -0.273 e. The van der Waals surface area contributed by atoms with Gasteiger partial charge in [0.25, 0.3) is 5.91 Å². The van der Waals surface area contributed by atoms with Gasteiger partial charge in [0, 0.05) is 21.8 Å². The Balaban J connectivity index is 1.71. The van der Waals surface area contributed by atoms with E-state index in [1.54, 1.807) is 47.1 Å². The molecule has 6 nitrogen and oxygen atoms in total. The molecule has 0 spiro atoms. The molecule has 0 aliphatic carbocycles. The number of aryl methyl sites for hydroxylation is 1. The van der Waals surface area contributed by atoms with Crippen molar-refractivity contribution in [1.82, 2.24) is 20.6 Å². The average Bonchev–Trinajstić information content (AvgIpc) is 2.95. The molecular weight excluding hydrogens is 399 g/mol. The number of rotatable bonds is 4. The first-order chi connectivity index (χ1) is 13.4. The zero-order valence-electron chi connectivity index (χ0n) is 15.3. The van der Waals surface area contributed by atoms with Crippen LogP contribution in [0.4, 0.5) is 0 Å².